The predicted molar refractivity (Wildman–Crippen MR) is 130 cm³/mol. The van der Waals surface area contributed by atoms with Gasteiger partial charge in [0.1, 0.15) is 5.82 Å². The van der Waals surface area contributed by atoms with E-state index in [0.29, 0.717) is 28.7 Å². The van der Waals surface area contributed by atoms with Gasteiger partial charge in [-0.1, -0.05) is 30.9 Å². The number of aromatic nitrogens is 3. The minimum Gasteiger partial charge on any atom is -0.301 e. The van der Waals surface area contributed by atoms with E-state index in [0.717, 1.165) is 42.4 Å². The fraction of sp³-hybridized carbons (Fsp3) is 0.391. The van der Waals surface area contributed by atoms with Crippen LogP contribution in [-0.4, -0.2) is 35.2 Å². The van der Waals surface area contributed by atoms with Crippen molar-refractivity contribution in [1.29, 1.82) is 0 Å². The smallest absolute Gasteiger partial charge is 0.301 e. The lowest BCUT2D eigenvalue weighted by Crippen LogP contribution is -2.41. The first-order chi connectivity index (χ1) is 15.7. The van der Waals surface area contributed by atoms with Gasteiger partial charge in [-0.2, -0.15) is 18.2 Å². The molecule has 1 fully saturated rings. The van der Waals surface area contributed by atoms with Crippen LogP contribution in [0.1, 0.15) is 43.4 Å². The van der Waals surface area contributed by atoms with Gasteiger partial charge in [-0.05, 0) is 56.0 Å². The van der Waals surface area contributed by atoms with E-state index < -0.39 is 16.1 Å². The summed E-state index contributed by atoms with van der Waals surface area (Å²) in [6.45, 7) is 2.19. The molecule has 8 nitrogen and oxygen atoms in total. The summed E-state index contributed by atoms with van der Waals surface area (Å²) in [4.78, 5) is 12.4. The summed E-state index contributed by atoms with van der Waals surface area (Å²) in [6.07, 6.45) is 10.2. The zero-order valence-corrected chi connectivity index (χ0v) is 20.3. The Morgan fingerprint density at radius 2 is 2.00 bits per heavy atom. The molecule has 10 heteroatoms. The van der Waals surface area contributed by atoms with Crippen LogP contribution in [-0.2, 0) is 22.1 Å². The lowest BCUT2D eigenvalue weighted by atomic mass is 9.90. The average Bonchev–Trinajstić information content (AvgIpc) is 3.30. The van der Waals surface area contributed by atoms with E-state index >= 15 is 0 Å². The number of hydrogen-bond acceptors (Lipinski definition) is 4. The Morgan fingerprint density at radius 1 is 1.24 bits per heavy atom. The highest BCUT2D eigenvalue weighted by molar-refractivity contribution is 7.88. The van der Waals surface area contributed by atoms with Crippen molar-refractivity contribution < 1.29 is 13.2 Å². The third-order valence-electron chi connectivity index (χ3n) is 6.04. The summed E-state index contributed by atoms with van der Waals surface area (Å²) >= 11 is 6.11. The van der Waals surface area contributed by atoms with Gasteiger partial charge >= 0.3 is 10.2 Å². The van der Waals surface area contributed by atoms with Crippen molar-refractivity contribution >= 4 is 44.7 Å². The molecule has 4 rings (SSSR count). The van der Waals surface area contributed by atoms with Crippen LogP contribution in [0.3, 0.4) is 0 Å². The molecule has 0 atom stereocenters. The fourth-order valence-electron chi connectivity index (χ4n) is 4.42. The highest BCUT2D eigenvalue weighted by atomic mass is 35.5. The van der Waals surface area contributed by atoms with E-state index in [1.54, 1.807) is 10.8 Å². The van der Waals surface area contributed by atoms with Crippen LogP contribution in [0.4, 0.5) is 0 Å². The number of nitrogens with zero attached hydrogens (tertiary/aromatic N) is 3. The molecular weight excluding hydrogens is 462 g/mol. The number of amides is 1. The molecule has 0 aliphatic heterocycles. The van der Waals surface area contributed by atoms with Crippen LogP contribution >= 0.6 is 11.6 Å². The Balaban J connectivity index is 1.50. The Hall–Kier alpha value is -2.62. The summed E-state index contributed by atoms with van der Waals surface area (Å²) in [5.74, 6) is 0.365. The SMILES string of the molecule is Cc1nn(C)c(-n2ccc3cc(Cl)ccc32)c1C=CC(=O)NS(=O)(=O)NCC1CCCCC1. The van der Waals surface area contributed by atoms with Crippen LogP contribution in [0.2, 0.25) is 5.02 Å². The molecule has 1 aromatic carbocycles. The lowest BCUT2D eigenvalue weighted by Gasteiger charge is -2.21. The number of hydrogen-bond donors (Lipinski definition) is 2. The number of carbonyl (C=O) groups excluding carboxylic acids is 1. The van der Waals surface area contributed by atoms with Crippen LogP contribution in [0.5, 0.6) is 0 Å². The summed E-state index contributed by atoms with van der Waals surface area (Å²) in [7, 11) is -2.09. The van der Waals surface area contributed by atoms with Gasteiger partial charge in [0.05, 0.1) is 11.2 Å². The van der Waals surface area contributed by atoms with Crippen molar-refractivity contribution in [3.63, 3.8) is 0 Å². The molecule has 0 bridgehead atoms. The largest absolute Gasteiger partial charge is 0.301 e. The van der Waals surface area contributed by atoms with E-state index in [9.17, 15) is 13.2 Å². The van der Waals surface area contributed by atoms with E-state index in [1.165, 1.54) is 12.5 Å². The molecule has 1 amide bonds. The van der Waals surface area contributed by atoms with Crippen molar-refractivity contribution in [3.05, 3.63) is 52.8 Å². The second kappa shape index (κ2) is 9.70. The minimum absolute atomic E-state index is 0.327. The predicted octanol–water partition coefficient (Wildman–Crippen LogP) is 3.87. The monoisotopic (exact) mass is 489 g/mol. The fourth-order valence-corrected chi connectivity index (χ4v) is 5.46. The Morgan fingerprint density at radius 3 is 2.76 bits per heavy atom. The molecule has 0 saturated heterocycles. The van der Waals surface area contributed by atoms with Crippen molar-refractivity contribution in [3.8, 4) is 5.82 Å². The second-order valence-electron chi connectivity index (χ2n) is 8.49. The molecule has 2 heterocycles. The van der Waals surface area contributed by atoms with Crippen LogP contribution in [0, 0.1) is 12.8 Å². The van der Waals surface area contributed by atoms with E-state index in [2.05, 4.69) is 14.5 Å². The number of rotatable bonds is 7. The molecule has 0 radical (unpaired) electrons. The minimum atomic E-state index is -3.92. The number of nitrogens with one attached hydrogen (secondary N) is 2. The maximum absolute atomic E-state index is 12.4. The van der Waals surface area contributed by atoms with Gasteiger partial charge in [0, 0.05) is 41.8 Å². The van der Waals surface area contributed by atoms with Crippen LogP contribution < -0.4 is 9.44 Å². The highest BCUT2D eigenvalue weighted by Crippen LogP contribution is 2.27. The van der Waals surface area contributed by atoms with Gasteiger partial charge < -0.3 is 4.57 Å². The molecule has 3 aromatic rings. The molecule has 2 N–H and O–H groups in total. The maximum Gasteiger partial charge on any atom is 0.301 e. The molecule has 0 spiro atoms. The second-order valence-corrected chi connectivity index (χ2v) is 10.4. The van der Waals surface area contributed by atoms with Crippen molar-refractivity contribution in [1.82, 2.24) is 23.8 Å². The average molecular weight is 490 g/mol. The van der Waals surface area contributed by atoms with E-state index in [4.69, 9.17) is 11.6 Å². The van der Waals surface area contributed by atoms with Gasteiger partial charge in [0.15, 0.2) is 0 Å². The lowest BCUT2D eigenvalue weighted by molar-refractivity contribution is -0.114. The molecule has 1 aliphatic carbocycles. The van der Waals surface area contributed by atoms with Gasteiger partial charge in [0.2, 0.25) is 0 Å². The van der Waals surface area contributed by atoms with Gasteiger partial charge in [-0.3, -0.25) is 9.48 Å². The molecule has 1 aliphatic rings. The first-order valence-electron chi connectivity index (χ1n) is 11.0. The zero-order chi connectivity index (χ0) is 23.6. The van der Waals surface area contributed by atoms with E-state index in [1.807, 2.05) is 49.0 Å². The number of aryl methyl sites for hydroxylation is 2. The van der Waals surface area contributed by atoms with Gasteiger partial charge in [-0.15, -0.1) is 0 Å². The van der Waals surface area contributed by atoms with Gasteiger partial charge in [0.25, 0.3) is 5.91 Å². The third kappa shape index (κ3) is 5.48. The number of carbonyl (C=O) groups is 1. The van der Waals surface area contributed by atoms with Crippen molar-refractivity contribution in [2.75, 3.05) is 6.54 Å². The first kappa shape index (κ1) is 23.5. The standard InChI is InChI=1S/C23H28ClN5O3S/c1-16-20(9-11-22(30)27-33(31,32)25-15-17-6-4-3-5-7-17)23(28(2)26-16)29-13-12-18-14-19(24)8-10-21(18)29/h8-14,17,25H,3-7,15H2,1-2H3,(H,27,30). The molecule has 2 aromatic heterocycles. The summed E-state index contributed by atoms with van der Waals surface area (Å²) in [5, 5.41) is 6.11. The van der Waals surface area contributed by atoms with Crippen LogP contribution in [0.25, 0.3) is 22.8 Å². The molecule has 1 saturated carbocycles. The van der Waals surface area contributed by atoms with E-state index in [-0.39, 0.29) is 0 Å². The Bertz CT molecular complexity index is 1300. The zero-order valence-electron chi connectivity index (χ0n) is 18.7. The van der Waals surface area contributed by atoms with Gasteiger partial charge in [-0.25, -0.2) is 4.72 Å². The van der Waals surface area contributed by atoms with Crippen molar-refractivity contribution in [2.45, 2.75) is 39.0 Å². The van der Waals surface area contributed by atoms with Crippen molar-refractivity contribution in [2.24, 2.45) is 13.0 Å². The summed E-state index contributed by atoms with van der Waals surface area (Å²) in [5.41, 5.74) is 2.37. The third-order valence-corrected chi connectivity index (χ3v) is 7.29. The first-order valence-corrected chi connectivity index (χ1v) is 12.9. The number of benzene rings is 1. The molecule has 176 valence electrons. The van der Waals surface area contributed by atoms with Crippen LogP contribution in [0.15, 0.2) is 36.5 Å². The summed E-state index contributed by atoms with van der Waals surface area (Å²) < 4.78 is 32.8. The molecule has 0 unspecified atom stereocenters. The normalized spacial score (nSPS) is 15.5. The molecular formula is C23H28ClN5O3S. The highest BCUT2D eigenvalue weighted by Gasteiger charge is 2.19. The topological polar surface area (TPSA) is 98.0 Å². The Labute approximate surface area is 198 Å². The quantitative estimate of drug-likeness (QED) is 0.492. The Kier molecular flexibility index (Phi) is 6.92. The number of halogens is 1. The summed E-state index contributed by atoms with van der Waals surface area (Å²) in [6, 6.07) is 7.57. The maximum atomic E-state index is 12.4. The number of fused-ring (bicyclic) bond motifs is 1. The molecule has 33 heavy (non-hydrogen) atoms.